The maximum atomic E-state index is 11.6. The van der Waals surface area contributed by atoms with Crippen molar-refractivity contribution in [2.45, 2.75) is 19.4 Å². The Hall–Kier alpha value is -1.69. The molecular formula is C9H14N4O2. The molecule has 0 spiro atoms. The van der Waals surface area contributed by atoms with Gasteiger partial charge in [0.05, 0.1) is 5.54 Å². The molecule has 15 heavy (non-hydrogen) atoms. The second kappa shape index (κ2) is 4.22. The molecule has 1 aromatic rings. The predicted molar refractivity (Wildman–Crippen MR) is 56.6 cm³/mol. The summed E-state index contributed by atoms with van der Waals surface area (Å²) in [7, 11) is 1.69. The molecule has 1 rings (SSSR count). The van der Waals surface area contributed by atoms with Gasteiger partial charge in [0.15, 0.2) is 5.82 Å². The molecule has 0 saturated heterocycles. The highest BCUT2D eigenvalue weighted by Gasteiger charge is 2.25. The van der Waals surface area contributed by atoms with E-state index in [1.165, 1.54) is 12.1 Å². The van der Waals surface area contributed by atoms with E-state index in [4.69, 9.17) is 0 Å². The molecule has 0 bridgehead atoms. The molecule has 1 aromatic heterocycles. The Morgan fingerprint density at radius 1 is 1.47 bits per heavy atom. The fraction of sp³-hybridized carbons (Fsp3) is 0.444. The number of hydrogen-bond acceptors (Lipinski definition) is 4. The van der Waals surface area contributed by atoms with Crippen LogP contribution in [0.25, 0.3) is 0 Å². The van der Waals surface area contributed by atoms with Gasteiger partial charge in [-0.25, -0.2) is 5.10 Å². The molecule has 0 radical (unpaired) electrons. The van der Waals surface area contributed by atoms with Crippen molar-refractivity contribution in [3.8, 4) is 0 Å². The van der Waals surface area contributed by atoms with Crippen LogP contribution >= 0.6 is 0 Å². The first-order valence-electron chi connectivity index (χ1n) is 4.52. The van der Waals surface area contributed by atoms with Crippen molar-refractivity contribution >= 4 is 11.7 Å². The van der Waals surface area contributed by atoms with E-state index in [0.29, 0.717) is 5.82 Å². The summed E-state index contributed by atoms with van der Waals surface area (Å²) in [4.78, 5) is 22.4. The third kappa shape index (κ3) is 2.88. The van der Waals surface area contributed by atoms with E-state index in [1.807, 2.05) is 0 Å². The van der Waals surface area contributed by atoms with Gasteiger partial charge in [-0.3, -0.25) is 9.59 Å². The smallest absolute Gasteiger partial charge is 0.264 e. The third-order valence-corrected chi connectivity index (χ3v) is 2.11. The molecule has 82 valence electrons. The first-order chi connectivity index (χ1) is 6.95. The van der Waals surface area contributed by atoms with Crippen molar-refractivity contribution in [3.63, 3.8) is 0 Å². The van der Waals surface area contributed by atoms with Crippen LogP contribution in [0.5, 0.6) is 0 Å². The first kappa shape index (κ1) is 11.4. The molecule has 0 fully saturated rings. The number of amides is 1. The first-order valence-corrected chi connectivity index (χ1v) is 4.52. The Bertz CT molecular complexity index is 390. The molecule has 0 aliphatic rings. The zero-order chi connectivity index (χ0) is 11.5. The van der Waals surface area contributed by atoms with Crippen molar-refractivity contribution in [2.24, 2.45) is 0 Å². The number of carbonyl (C=O) groups excluding carboxylic acids is 1. The topological polar surface area (TPSA) is 86.9 Å². The Kier molecular flexibility index (Phi) is 3.21. The van der Waals surface area contributed by atoms with Crippen LogP contribution < -0.4 is 16.2 Å². The maximum absolute atomic E-state index is 11.6. The lowest BCUT2D eigenvalue weighted by molar-refractivity contribution is -0.121. The number of hydrogen-bond donors (Lipinski definition) is 3. The van der Waals surface area contributed by atoms with Crippen molar-refractivity contribution in [2.75, 3.05) is 12.4 Å². The molecule has 0 aliphatic carbocycles. The second-order valence-corrected chi connectivity index (χ2v) is 3.64. The van der Waals surface area contributed by atoms with E-state index >= 15 is 0 Å². The lowest BCUT2D eigenvalue weighted by atomic mass is 10.1. The normalized spacial score (nSPS) is 11.1. The Labute approximate surface area is 87.1 Å². The summed E-state index contributed by atoms with van der Waals surface area (Å²) in [5, 5.41) is 11.3. The van der Waals surface area contributed by atoms with Gasteiger partial charge in [0.25, 0.3) is 5.56 Å². The van der Waals surface area contributed by atoms with Gasteiger partial charge in [-0.15, -0.1) is 0 Å². The minimum Gasteiger partial charge on any atom is -0.308 e. The van der Waals surface area contributed by atoms with Gasteiger partial charge in [0, 0.05) is 6.07 Å². The largest absolute Gasteiger partial charge is 0.308 e. The number of aromatic amines is 1. The van der Waals surface area contributed by atoms with Crippen molar-refractivity contribution in [3.05, 3.63) is 22.5 Å². The van der Waals surface area contributed by atoms with E-state index in [2.05, 4.69) is 20.8 Å². The van der Waals surface area contributed by atoms with Gasteiger partial charge < -0.3 is 10.6 Å². The Morgan fingerprint density at radius 3 is 2.60 bits per heavy atom. The van der Waals surface area contributed by atoms with E-state index in [9.17, 15) is 9.59 Å². The molecule has 0 unspecified atom stereocenters. The molecule has 1 amide bonds. The molecule has 0 saturated carbocycles. The van der Waals surface area contributed by atoms with Gasteiger partial charge in [-0.2, -0.15) is 5.10 Å². The van der Waals surface area contributed by atoms with E-state index in [-0.39, 0.29) is 11.5 Å². The van der Waals surface area contributed by atoms with Crippen LogP contribution in [0.3, 0.4) is 0 Å². The number of likely N-dealkylation sites (N-methyl/N-ethyl adjacent to an activating group) is 1. The summed E-state index contributed by atoms with van der Waals surface area (Å²) >= 11 is 0. The van der Waals surface area contributed by atoms with E-state index < -0.39 is 5.54 Å². The third-order valence-electron chi connectivity index (χ3n) is 2.11. The number of aromatic nitrogens is 2. The fourth-order valence-electron chi connectivity index (χ4n) is 0.800. The molecule has 6 nitrogen and oxygen atoms in total. The number of rotatable bonds is 3. The molecule has 0 aromatic carbocycles. The zero-order valence-corrected chi connectivity index (χ0v) is 8.92. The lowest BCUT2D eigenvalue weighted by Gasteiger charge is -2.22. The number of H-pyrrole nitrogens is 1. The second-order valence-electron chi connectivity index (χ2n) is 3.64. The fourth-order valence-corrected chi connectivity index (χ4v) is 0.800. The summed E-state index contributed by atoms with van der Waals surface area (Å²) in [5.41, 5.74) is -0.987. The number of nitrogens with one attached hydrogen (secondary N) is 3. The Balaban J connectivity index is 2.75. The van der Waals surface area contributed by atoms with Crippen LogP contribution in [0.1, 0.15) is 13.8 Å². The standard InChI is InChI=1S/C9H14N4O2/c1-9(2,10-3)8(15)11-6-4-5-7(14)13-12-6/h4-5,10H,1-3H3,(H,13,14)(H,11,12,15). The van der Waals surface area contributed by atoms with Crippen LogP contribution in [0.15, 0.2) is 16.9 Å². The van der Waals surface area contributed by atoms with Crippen LogP contribution in [-0.2, 0) is 4.79 Å². The van der Waals surface area contributed by atoms with Gasteiger partial charge in [-0.05, 0) is 27.0 Å². The van der Waals surface area contributed by atoms with Crippen LogP contribution in [-0.4, -0.2) is 28.7 Å². The lowest BCUT2D eigenvalue weighted by Crippen LogP contribution is -2.48. The summed E-state index contributed by atoms with van der Waals surface area (Å²) < 4.78 is 0. The molecule has 3 N–H and O–H groups in total. The molecule has 6 heteroatoms. The predicted octanol–water partition coefficient (Wildman–Crippen LogP) is -0.294. The number of nitrogens with zero attached hydrogens (tertiary/aromatic N) is 1. The van der Waals surface area contributed by atoms with Gasteiger partial charge in [0.2, 0.25) is 5.91 Å². The highest BCUT2D eigenvalue weighted by Crippen LogP contribution is 2.05. The molecular weight excluding hydrogens is 196 g/mol. The van der Waals surface area contributed by atoms with Crippen molar-refractivity contribution in [1.29, 1.82) is 0 Å². The van der Waals surface area contributed by atoms with Crippen LogP contribution in [0, 0.1) is 0 Å². The summed E-state index contributed by atoms with van der Waals surface area (Å²) in [6, 6.07) is 2.75. The highest BCUT2D eigenvalue weighted by molar-refractivity contribution is 5.96. The van der Waals surface area contributed by atoms with Crippen molar-refractivity contribution in [1.82, 2.24) is 15.5 Å². The summed E-state index contributed by atoms with van der Waals surface area (Å²) in [6.07, 6.45) is 0. The zero-order valence-electron chi connectivity index (χ0n) is 8.92. The Morgan fingerprint density at radius 2 is 2.13 bits per heavy atom. The maximum Gasteiger partial charge on any atom is 0.264 e. The van der Waals surface area contributed by atoms with E-state index in [1.54, 1.807) is 20.9 Å². The van der Waals surface area contributed by atoms with Gasteiger partial charge in [0.1, 0.15) is 0 Å². The highest BCUT2D eigenvalue weighted by atomic mass is 16.2. The number of carbonyl (C=O) groups is 1. The SMILES string of the molecule is CNC(C)(C)C(=O)Nc1ccc(=O)[nH]n1. The molecule has 0 aliphatic heterocycles. The summed E-state index contributed by atoms with van der Waals surface area (Å²) in [6.45, 7) is 3.49. The minimum absolute atomic E-state index is 0.218. The minimum atomic E-state index is -0.683. The average Bonchev–Trinajstić information content (AvgIpc) is 2.21. The van der Waals surface area contributed by atoms with Crippen molar-refractivity contribution < 1.29 is 4.79 Å². The monoisotopic (exact) mass is 210 g/mol. The quantitative estimate of drug-likeness (QED) is 0.639. The number of anilines is 1. The van der Waals surface area contributed by atoms with Crippen LogP contribution in [0.2, 0.25) is 0 Å². The van der Waals surface area contributed by atoms with Gasteiger partial charge in [-0.1, -0.05) is 0 Å². The van der Waals surface area contributed by atoms with E-state index in [0.717, 1.165) is 0 Å². The molecule has 0 atom stereocenters. The molecule has 1 heterocycles. The average molecular weight is 210 g/mol. The van der Waals surface area contributed by atoms with Gasteiger partial charge >= 0.3 is 0 Å². The summed E-state index contributed by atoms with van der Waals surface area (Å²) in [5.74, 6) is 0.104. The van der Waals surface area contributed by atoms with Crippen LogP contribution in [0.4, 0.5) is 5.82 Å².